The maximum Gasteiger partial charge on any atom is 0.191 e. The third-order valence-electron chi connectivity index (χ3n) is 4.92. The van der Waals surface area contributed by atoms with E-state index in [9.17, 15) is 0 Å². The molecule has 1 aliphatic heterocycles. The van der Waals surface area contributed by atoms with Crippen LogP contribution in [0.15, 0.2) is 23.2 Å². The van der Waals surface area contributed by atoms with E-state index in [0.29, 0.717) is 6.61 Å². The van der Waals surface area contributed by atoms with Crippen molar-refractivity contribution in [2.75, 3.05) is 27.8 Å². The van der Waals surface area contributed by atoms with Crippen molar-refractivity contribution in [3.63, 3.8) is 0 Å². The van der Waals surface area contributed by atoms with Crippen LogP contribution < -0.4 is 15.4 Å². The van der Waals surface area contributed by atoms with Crippen molar-refractivity contribution in [3.05, 3.63) is 41.0 Å². The van der Waals surface area contributed by atoms with Crippen molar-refractivity contribution < 1.29 is 9.47 Å². The molecule has 0 saturated heterocycles. The Morgan fingerprint density at radius 2 is 2.17 bits per heavy atom. The number of aliphatic imine (C=N–C) groups is 1. The molecular formula is C20H31IN6O2. The topological polar surface area (TPSA) is 85.6 Å². The number of rotatable bonds is 7. The van der Waals surface area contributed by atoms with Gasteiger partial charge in [0.25, 0.3) is 0 Å². The van der Waals surface area contributed by atoms with E-state index >= 15 is 0 Å². The Morgan fingerprint density at radius 1 is 1.34 bits per heavy atom. The highest BCUT2D eigenvalue weighted by molar-refractivity contribution is 14.0. The molecule has 1 aliphatic rings. The molecule has 0 aliphatic carbocycles. The van der Waals surface area contributed by atoms with Gasteiger partial charge in [-0.3, -0.25) is 4.99 Å². The first-order chi connectivity index (χ1) is 13.6. The van der Waals surface area contributed by atoms with Crippen molar-refractivity contribution in [3.8, 4) is 5.75 Å². The maximum atomic E-state index is 5.40. The quantitative estimate of drug-likeness (QED) is 0.335. The number of halogens is 1. The van der Waals surface area contributed by atoms with Crippen LogP contribution >= 0.6 is 24.0 Å². The molecule has 0 spiro atoms. The zero-order valence-corrected chi connectivity index (χ0v) is 19.9. The fourth-order valence-electron chi connectivity index (χ4n) is 3.40. The van der Waals surface area contributed by atoms with Gasteiger partial charge >= 0.3 is 0 Å². The zero-order chi connectivity index (χ0) is 19.9. The number of guanidine groups is 1. The number of benzene rings is 1. The minimum absolute atomic E-state index is 0. The van der Waals surface area contributed by atoms with Gasteiger partial charge in [-0.1, -0.05) is 12.1 Å². The second-order valence-corrected chi connectivity index (χ2v) is 6.99. The van der Waals surface area contributed by atoms with E-state index in [4.69, 9.17) is 9.47 Å². The van der Waals surface area contributed by atoms with E-state index in [1.54, 1.807) is 21.3 Å². The molecule has 1 aromatic carbocycles. The summed E-state index contributed by atoms with van der Waals surface area (Å²) in [6, 6.07) is 6.60. The number of nitrogens with one attached hydrogen (secondary N) is 2. The van der Waals surface area contributed by atoms with Gasteiger partial charge in [-0.25, -0.2) is 9.67 Å². The summed E-state index contributed by atoms with van der Waals surface area (Å²) in [7, 11) is 5.16. The van der Waals surface area contributed by atoms with Gasteiger partial charge in [-0.2, -0.15) is 5.10 Å². The van der Waals surface area contributed by atoms with E-state index in [-0.39, 0.29) is 30.0 Å². The number of aryl methyl sites for hydroxylation is 2. The number of hydrogen-bond acceptors (Lipinski definition) is 5. The third kappa shape index (κ3) is 6.30. The Kier molecular flexibility index (Phi) is 9.15. The van der Waals surface area contributed by atoms with Crippen LogP contribution in [0.2, 0.25) is 0 Å². The number of hydrogen-bond donors (Lipinski definition) is 2. The van der Waals surface area contributed by atoms with Crippen molar-refractivity contribution >= 4 is 29.9 Å². The Labute approximate surface area is 189 Å². The lowest BCUT2D eigenvalue weighted by molar-refractivity contribution is 0.177. The summed E-state index contributed by atoms with van der Waals surface area (Å²) in [5.41, 5.74) is 2.39. The molecular weight excluding hydrogens is 483 g/mol. The average Bonchev–Trinajstić information content (AvgIpc) is 3.10. The maximum absolute atomic E-state index is 5.40. The summed E-state index contributed by atoms with van der Waals surface area (Å²) in [5, 5.41) is 11.4. The number of ether oxygens (including phenoxy) is 2. The molecule has 29 heavy (non-hydrogen) atoms. The van der Waals surface area contributed by atoms with Crippen molar-refractivity contribution in [1.29, 1.82) is 0 Å². The van der Waals surface area contributed by atoms with Crippen molar-refractivity contribution in [2.45, 2.75) is 45.4 Å². The number of nitrogens with zero attached hydrogens (tertiary/aromatic N) is 4. The van der Waals surface area contributed by atoms with E-state index in [1.807, 2.05) is 4.68 Å². The summed E-state index contributed by atoms with van der Waals surface area (Å²) in [4.78, 5) is 8.88. The van der Waals surface area contributed by atoms with E-state index in [0.717, 1.165) is 61.3 Å². The predicted molar refractivity (Wildman–Crippen MR) is 124 cm³/mol. The molecule has 1 atom stereocenters. The Bertz CT molecular complexity index is 823. The first-order valence-electron chi connectivity index (χ1n) is 9.65. The summed E-state index contributed by atoms with van der Waals surface area (Å²) in [5.74, 6) is 3.51. The lowest BCUT2D eigenvalue weighted by Crippen LogP contribution is -2.47. The molecule has 1 aromatic heterocycles. The van der Waals surface area contributed by atoms with Gasteiger partial charge in [0, 0.05) is 33.2 Å². The van der Waals surface area contributed by atoms with Gasteiger partial charge in [-0.05, 0) is 37.0 Å². The Morgan fingerprint density at radius 3 is 2.90 bits per heavy atom. The number of methoxy groups -OCH3 is 2. The predicted octanol–water partition coefficient (Wildman–Crippen LogP) is 2.08. The molecule has 0 fully saturated rings. The van der Waals surface area contributed by atoms with Crippen LogP contribution in [0.1, 0.15) is 29.2 Å². The average molecular weight is 514 g/mol. The largest absolute Gasteiger partial charge is 0.496 e. The molecule has 2 N–H and O–H groups in total. The van der Waals surface area contributed by atoms with Crippen molar-refractivity contribution in [1.82, 2.24) is 25.4 Å². The van der Waals surface area contributed by atoms with Crippen molar-refractivity contribution in [2.24, 2.45) is 4.99 Å². The Balaban J connectivity index is 0.00000300. The minimum Gasteiger partial charge on any atom is -0.496 e. The van der Waals surface area contributed by atoms with Gasteiger partial charge in [0.05, 0.1) is 13.7 Å². The van der Waals surface area contributed by atoms with Crippen LogP contribution in [-0.2, 0) is 30.7 Å². The second-order valence-electron chi connectivity index (χ2n) is 6.99. The molecule has 0 radical (unpaired) electrons. The van der Waals surface area contributed by atoms with Crippen LogP contribution in [0.4, 0.5) is 0 Å². The first-order valence-corrected chi connectivity index (χ1v) is 9.65. The lowest BCUT2D eigenvalue weighted by Gasteiger charge is -2.25. The summed E-state index contributed by atoms with van der Waals surface area (Å²) >= 11 is 0. The molecule has 0 bridgehead atoms. The molecule has 160 valence electrons. The molecule has 1 unspecified atom stereocenters. The van der Waals surface area contributed by atoms with E-state index in [1.165, 1.54) is 5.56 Å². The van der Waals surface area contributed by atoms with Gasteiger partial charge in [-0.15, -0.1) is 24.0 Å². The van der Waals surface area contributed by atoms with Gasteiger partial charge in [0.2, 0.25) is 0 Å². The normalized spacial score (nSPS) is 16.0. The SMILES string of the molecule is CN=C(NCCc1ccc(C)c(OC)c1)NC1CCc2nc(COC)nn2C1.I. The minimum atomic E-state index is 0. The first kappa shape index (κ1) is 23.4. The number of fused-ring (bicyclic) bond motifs is 1. The van der Waals surface area contributed by atoms with Crippen LogP contribution in [0, 0.1) is 6.92 Å². The van der Waals surface area contributed by atoms with Crippen LogP contribution in [0.25, 0.3) is 0 Å². The lowest BCUT2D eigenvalue weighted by atomic mass is 10.1. The fourth-order valence-corrected chi connectivity index (χ4v) is 3.40. The molecule has 2 heterocycles. The monoisotopic (exact) mass is 514 g/mol. The van der Waals surface area contributed by atoms with Gasteiger partial charge in [0.15, 0.2) is 11.8 Å². The van der Waals surface area contributed by atoms with E-state index in [2.05, 4.69) is 50.8 Å². The standard InChI is InChI=1S/C20H30N6O2.HI/c1-14-5-6-15(11-17(14)28-4)9-10-22-20(21-2)23-16-7-8-19-24-18(13-27-3)25-26(19)12-16;/h5-6,11,16H,7-10,12-13H2,1-4H3,(H2,21,22,23);1H. The second kappa shape index (κ2) is 11.3. The number of aromatic nitrogens is 3. The fraction of sp³-hybridized carbons (Fsp3) is 0.550. The molecule has 0 saturated carbocycles. The molecule has 3 rings (SSSR count). The van der Waals surface area contributed by atoms with Gasteiger partial charge in [0.1, 0.15) is 18.2 Å². The summed E-state index contributed by atoms with van der Waals surface area (Å²) < 4.78 is 12.5. The van der Waals surface area contributed by atoms with E-state index < -0.39 is 0 Å². The summed E-state index contributed by atoms with van der Waals surface area (Å²) in [6.07, 6.45) is 2.80. The van der Waals surface area contributed by atoms with Gasteiger partial charge < -0.3 is 20.1 Å². The summed E-state index contributed by atoms with van der Waals surface area (Å²) in [6.45, 7) is 4.08. The Hall–Kier alpha value is -1.88. The highest BCUT2D eigenvalue weighted by atomic mass is 127. The highest BCUT2D eigenvalue weighted by Gasteiger charge is 2.22. The smallest absolute Gasteiger partial charge is 0.191 e. The van der Waals surface area contributed by atoms with Crippen LogP contribution in [-0.4, -0.2) is 54.6 Å². The molecule has 0 amide bonds. The van der Waals surface area contributed by atoms with Crippen LogP contribution in [0.5, 0.6) is 5.75 Å². The third-order valence-corrected chi connectivity index (χ3v) is 4.92. The zero-order valence-electron chi connectivity index (χ0n) is 17.6. The highest BCUT2D eigenvalue weighted by Crippen LogP contribution is 2.19. The molecule has 9 heteroatoms. The van der Waals surface area contributed by atoms with Crippen LogP contribution in [0.3, 0.4) is 0 Å². The molecule has 2 aromatic rings. The molecule has 8 nitrogen and oxygen atoms in total.